The third-order valence-corrected chi connectivity index (χ3v) is 9.52. The minimum absolute atomic E-state index is 0.196. The van der Waals surface area contributed by atoms with Crippen molar-refractivity contribution in [1.29, 1.82) is 0 Å². The van der Waals surface area contributed by atoms with Crippen LogP contribution in [0.4, 0.5) is 0 Å². The zero-order chi connectivity index (χ0) is 22.1. The van der Waals surface area contributed by atoms with Gasteiger partial charge in [0.1, 0.15) is 5.75 Å². The molecule has 0 spiro atoms. The summed E-state index contributed by atoms with van der Waals surface area (Å²) in [5.74, 6) is 3.20. The van der Waals surface area contributed by atoms with E-state index in [4.69, 9.17) is 13.7 Å². The number of hydrogen-bond acceptors (Lipinski definition) is 3. The van der Waals surface area contributed by atoms with Crippen LogP contribution in [0.15, 0.2) is 48.5 Å². The lowest BCUT2D eigenvalue weighted by Crippen LogP contribution is -2.46. The topological polar surface area (TPSA) is 27.7 Å². The lowest BCUT2D eigenvalue weighted by molar-refractivity contribution is -0.00765. The molecule has 0 bridgehead atoms. The molecule has 6 rings (SSSR count). The van der Waals surface area contributed by atoms with E-state index >= 15 is 0 Å². The first kappa shape index (κ1) is 21.0. The van der Waals surface area contributed by atoms with E-state index < -0.39 is 8.32 Å². The highest BCUT2D eigenvalue weighted by atomic mass is 28.4. The lowest BCUT2D eigenvalue weighted by Gasteiger charge is -2.50. The Labute approximate surface area is 194 Å². The van der Waals surface area contributed by atoms with E-state index in [-0.39, 0.29) is 24.7 Å². The van der Waals surface area contributed by atoms with Gasteiger partial charge >= 0.3 is 7.12 Å². The fraction of sp³-hybridized carbons (Fsp3) is 0.556. The number of rotatable bonds is 3. The zero-order valence-corrected chi connectivity index (χ0v) is 20.8. The number of fused-ring (bicyclic) bond motifs is 7. The molecule has 2 aromatic carbocycles. The lowest BCUT2D eigenvalue weighted by atomic mass is 9.55. The van der Waals surface area contributed by atoms with Gasteiger partial charge in [-0.25, -0.2) is 0 Å². The molecular formula is C27H35BO3Si. The largest absolute Gasteiger partial charge is 0.544 e. The first-order valence-electron chi connectivity index (χ1n) is 12.5. The van der Waals surface area contributed by atoms with Gasteiger partial charge in [-0.15, -0.1) is 0 Å². The fourth-order valence-corrected chi connectivity index (χ4v) is 8.21. The molecule has 0 N–H and O–H groups in total. The van der Waals surface area contributed by atoms with E-state index in [1.165, 1.54) is 31.2 Å². The third kappa shape index (κ3) is 3.39. The zero-order valence-electron chi connectivity index (χ0n) is 19.8. The number of aryl methyl sites for hydroxylation is 1. The van der Waals surface area contributed by atoms with Crippen LogP contribution in [-0.4, -0.2) is 27.6 Å². The molecule has 1 aliphatic heterocycles. The molecule has 3 fully saturated rings. The molecule has 4 aliphatic rings. The molecular weight excluding hydrogens is 411 g/mol. The van der Waals surface area contributed by atoms with Crippen LogP contribution in [0.5, 0.6) is 5.75 Å². The van der Waals surface area contributed by atoms with Crippen molar-refractivity contribution in [3.05, 3.63) is 59.7 Å². The van der Waals surface area contributed by atoms with Gasteiger partial charge < -0.3 is 13.7 Å². The summed E-state index contributed by atoms with van der Waals surface area (Å²) in [4.78, 5) is 0. The van der Waals surface area contributed by atoms with Gasteiger partial charge in [0.25, 0.3) is 0 Å². The minimum Gasteiger partial charge on any atom is -0.544 e. The smallest absolute Gasteiger partial charge is 0.494 e. The first-order chi connectivity index (χ1) is 15.3. The molecule has 2 aromatic rings. The Kier molecular flexibility index (Phi) is 4.91. The molecule has 5 heteroatoms. The maximum Gasteiger partial charge on any atom is 0.494 e. The Hall–Kier alpha value is -1.56. The van der Waals surface area contributed by atoms with Crippen molar-refractivity contribution in [2.45, 2.75) is 76.8 Å². The van der Waals surface area contributed by atoms with Crippen LogP contribution in [0.1, 0.15) is 49.7 Å². The summed E-state index contributed by atoms with van der Waals surface area (Å²) < 4.78 is 19.4. The van der Waals surface area contributed by atoms with Crippen LogP contribution in [0.3, 0.4) is 0 Å². The molecule has 3 nitrogen and oxygen atoms in total. The van der Waals surface area contributed by atoms with E-state index in [0.717, 1.165) is 23.6 Å². The SMILES string of the molecule is CC12CCC3c4ccc(O[Si](C)(C)C)cc4CCC3C1CC1OB(c3ccccc3)OC12. The Balaban J connectivity index is 1.22. The maximum absolute atomic E-state index is 6.62. The van der Waals surface area contributed by atoms with E-state index in [0.29, 0.717) is 11.8 Å². The quantitative estimate of drug-likeness (QED) is 0.579. The van der Waals surface area contributed by atoms with Crippen molar-refractivity contribution >= 4 is 20.9 Å². The summed E-state index contributed by atoms with van der Waals surface area (Å²) in [7, 11) is -1.77. The minimum atomic E-state index is -1.58. The van der Waals surface area contributed by atoms with Crippen molar-refractivity contribution in [3.63, 3.8) is 0 Å². The molecule has 1 saturated heterocycles. The van der Waals surface area contributed by atoms with Crippen molar-refractivity contribution in [2.24, 2.45) is 17.3 Å². The summed E-state index contributed by atoms with van der Waals surface area (Å²) in [5, 5.41) is 0. The summed E-state index contributed by atoms with van der Waals surface area (Å²) in [6, 6.07) is 17.4. The molecule has 6 atom stereocenters. The molecule has 2 saturated carbocycles. The molecule has 168 valence electrons. The molecule has 32 heavy (non-hydrogen) atoms. The second-order valence-corrected chi connectivity index (χ2v) is 16.2. The highest BCUT2D eigenvalue weighted by molar-refractivity contribution is 6.70. The summed E-state index contributed by atoms with van der Waals surface area (Å²) in [5.41, 5.74) is 4.50. The number of hydrogen-bond donors (Lipinski definition) is 0. The van der Waals surface area contributed by atoms with E-state index in [9.17, 15) is 0 Å². The average Bonchev–Trinajstić information content (AvgIpc) is 3.30. The van der Waals surface area contributed by atoms with Crippen molar-refractivity contribution in [1.82, 2.24) is 0 Å². The van der Waals surface area contributed by atoms with Crippen LogP contribution < -0.4 is 9.89 Å². The van der Waals surface area contributed by atoms with Crippen LogP contribution in [0.25, 0.3) is 0 Å². The Morgan fingerprint density at radius 3 is 2.62 bits per heavy atom. The molecule has 6 unspecified atom stereocenters. The van der Waals surface area contributed by atoms with Gasteiger partial charge in [0.05, 0.1) is 12.2 Å². The molecule has 1 heterocycles. The van der Waals surface area contributed by atoms with Gasteiger partial charge in [-0.3, -0.25) is 0 Å². The van der Waals surface area contributed by atoms with Crippen molar-refractivity contribution in [3.8, 4) is 5.75 Å². The monoisotopic (exact) mass is 446 g/mol. The van der Waals surface area contributed by atoms with E-state index in [2.05, 4.69) is 75.1 Å². The van der Waals surface area contributed by atoms with Gasteiger partial charge in [-0.05, 0) is 104 Å². The standard InChI is InChI=1S/C27H35BO3Si/c1-27-15-14-22-21-13-11-20(31-32(2,3)4)16-18(21)10-12-23(22)24(27)17-25-26(27)30-28(29-25)19-8-6-5-7-9-19/h5-9,11,13,16,22-26H,10,12,14-15,17H2,1-4H3. The van der Waals surface area contributed by atoms with Gasteiger partial charge in [0, 0.05) is 0 Å². The van der Waals surface area contributed by atoms with Gasteiger partial charge in [0.15, 0.2) is 0 Å². The Bertz CT molecular complexity index is 1010. The summed E-state index contributed by atoms with van der Waals surface area (Å²) in [6.45, 7) is 9.27. The maximum atomic E-state index is 6.62. The predicted octanol–water partition coefficient (Wildman–Crippen LogP) is 5.55. The highest BCUT2D eigenvalue weighted by Gasteiger charge is 2.62. The first-order valence-corrected chi connectivity index (χ1v) is 15.9. The molecule has 0 aromatic heterocycles. The summed E-state index contributed by atoms with van der Waals surface area (Å²) >= 11 is 0. The van der Waals surface area contributed by atoms with Crippen molar-refractivity contribution in [2.75, 3.05) is 0 Å². The molecule has 0 amide bonds. The third-order valence-electron chi connectivity index (χ3n) is 8.67. The number of benzene rings is 2. The highest BCUT2D eigenvalue weighted by Crippen LogP contribution is 2.63. The molecule has 0 radical (unpaired) electrons. The molecule has 3 aliphatic carbocycles. The van der Waals surface area contributed by atoms with Crippen LogP contribution in [0.2, 0.25) is 19.6 Å². The predicted molar refractivity (Wildman–Crippen MR) is 132 cm³/mol. The van der Waals surface area contributed by atoms with Crippen molar-refractivity contribution < 1.29 is 13.7 Å². The van der Waals surface area contributed by atoms with Gasteiger partial charge in [-0.1, -0.05) is 43.3 Å². The summed E-state index contributed by atoms with van der Waals surface area (Å²) in [6.07, 6.45) is 6.58. The van der Waals surface area contributed by atoms with E-state index in [1.54, 1.807) is 5.56 Å². The van der Waals surface area contributed by atoms with Gasteiger partial charge in [0.2, 0.25) is 8.32 Å². The fourth-order valence-electron chi connectivity index (χ4n) is 7.38. The Morgan fingerprint density at radius 2 is 1.84 bits per heavy atom. The second kappa shape index (κ2) is 7.48. The van der Waals surface area contributed by atoms with Crippen LogP contribution in [-0.2, 0) is 15.7 Å². The average molecular weight is 446 g/mol. The van der Waals surface area contributed by atoms with Crippen LogP contribution >= 0.6 is 0 Å². The second-order valence-electron chi connectivity index (χ2n) is 11.7. The van der Waals surface area contributed by atoms with E-state index in [1.807, 2.05) is 0 Å². The van der Waals surface area contributed by atoms with Crippen LogP contribution in [0, 0.1) is 17.3 Å². The normalized spacial score (nSPS) is 35.6. The van der Waals surface area contributed by atoms with Gasteiger partial charge in [-0.2, -0.15) is 0 Å². The Morgan fingerprint density at radius 1 is 1.03 bits per heavy atom.